The van der Waals surface area contributed by atoms with Crippen LogP contribution in [0.1, 0.15) is 63.1 Å². The second kappa shape index (κ2) is 6.17. The summed E-state index contributed by atoms with van der Waals surface area (Å²) in [4.78, 5) is 7.32. The fraction of sp³-hybridized carbons (Fsp3) is 0.812. The molecule has 4 nitrogen and oxygen atoms in total. The molecule has 4 heteroatoms. The molecule has 2 fully saturated rings. The number of aryl methyl sites for hydroxylation is 1. The van der Waals surface area contributed by atoms with E-state index in [4.69, 9.17) is 10.7 Å². The van der Waals surface area contributed by atoms with Gasteiger partial charge in [0.05, 0.1) is 5.69 Å². The van der Waals surface area contributed by atoms with Gasteiger partial charge in [0.25, 0.3) is 0 Å². The average Bonchev–Trinajstić information content (AvgIpc) is 2.90. The van der Waals surface area contributed by atoms with Crippen molar-refractivity contribution in [2.45, 2.75) is 70.4 Å². The largest absolute Gasteiger partial charge is 0.338 e. The van der Waals surface area contributed by atoms with Gasteiger partial charge in [-0.05, 0) is 39.0 Å². The van der Waals surface area contributed by atoms with Gasteiger partial charge in [-0.2, -0.15) is 0 Å². The highest BCUT2D eigenvalue weighted by atomic mass is 15.3. The van der Waals surface area contributed by atoms with E-state index in [1.807, 2.05) is 0 Å². The van der Waals surface area contributed by atoms with Gasteiger partial charge in [-0.1, -0.05) is 19.3 Å². The Labute approximate surface area is 122 Å². The third-order valence-corrected chi connectivity index (χ3v) is 4.96. The Morgan fingerprint density at radius 3 is 2.65 bits per heavy atom. The van der Waals surface area contributed by atoms with E-state index in [0.717, 1.165) is 18.8 Å². The molecule has 1 atom stereocenters. The van der Waals surface area contributed by atoms with E-state index in [9.17, 15) is 0 Å². The third kappa shape index (κ3) is 2.71. The van der Waals surface area contributed by atoms with Gasteiger partial charge in [0.15, 0.2) is 0 Å². The normalized spacial score (nSPS) is 25.1. The van der Waals surface area contributed by atoms with Crippen molar-refractivity contribution in [1.29, 1.82) is 0 Å². The molecule has 0 bridgehead atoms. The molecule has 0 radical (unpaired) electrons. The number of imidazole rings is 1. The van der Waals surface area contributed by atoms with Crippen LogP contribution in [0.15, 0.2) is 6.20 Å². The molecule has 0 spiro atoms. The van der Waals surface area contributed by atoms with Crippen molar-refractivity contribution < 1.29 is 0 Å². The molecular weight excluding hydrogens is 248 g/mol. The summed E-state index contributed by atoms with van der Waals surface area (Å²) in [7, 11) is 0. The summed E-state index contributed by atoms with van der Waals surface area (Å²) in [6, 6.07) is 1.13. The molecule has 3 rings (SSSR count). The molecule has 0 amide bonds. The molecule has 1 saturated heterocycles. The second-order valence-corrected chi connectivity index (χ2v) is 6.46. The fourth-order valence-electron chi connectivity index (χ4n) is 3.85. The monoisotopic (exact) mass is 276 g/mol. The first-order valence-electron chi connectivity index (χ1n) is 8.32. The summed E-state index contributed by atoms with van der Waals surface area (Å²) in [5.74, 6) is 1.18. The Hall–Kier alpha value is -1.03. The minimum atomic E-state index is 0.480. The number of rotatable bonds is 3. The summed E-state index contributed by atoms with van der Waals surface area (Å²) in [5, 5.41) is 0. The number of piperidine rings is 1. The van der Waals surface area contributed by atoms with Gasteiger partial charge in [-0.3, -0.25) is 0 Å². The lowest BCUT2D eigenvalue weighted by atomic mass is 9.95. The number of aromatic nitrogens is 2. The summed E-state index contributed by atoms with van der Waals surface area (Å²) in [6.07, 6.45) is 12.8. The molecule has 2 aliphatic rings. The van der Waals surface area contributed by atoms with Crippen molar-refractivity contribution in [2.24, 2.45) is 5.73 Å². The molecule has 1 aromatic heterocycles. The van der Waals surface area contributed by atoms with Gasteiger partial charge in [-0.25, -0.2) is 4.98 Å². The van der Waals surface area contributed by atoms with Crippen LogP contribution >= 0.6 is 0 Å². The van der Waals surface area contributed by atoms with E-state index in [1.54, 1.807) is 0 Å². The number of hydrogen-bond donors (Lipinski definition) is 1. The van der Waals surface area contributed by atoms with Gasteiger partial charge in [0.1, 0.15) is 0 Å². The quantitative estimate of drug-likeness (QED) is 0.923. The zero-order chi connectivity index (χ0) is 13.9. The number of hydrogen-bond acceptors (Lipinski definition) is 3. The van der Waals surface area contributed by atoms with Crippen LogP contribution in [0.5, 0.6) is 0 Å². The smallest absolute Gasteiger partial charge is 0.206 e. The van der Waals surface area contributed by atoms with Crippen molar-refractivity contribution in [3.8, 4) is 0 Å². The van der Waals surface area contributed by atoms with E-state index < -0.39 is 0 Å². The van der Waals surface area contributed by atoms with Gasteiger partial charge in [-0.15, -0.1) is 0 Å². The summed E-state index contributed by atoms with van der Waals surface area (Å²) >= 11 is 0. The van der Waals surface area contributed by atoms with E-state index >= 15 is 0 Å². The summed E-state index contributed by atoms with van der Waals surface area (Å²) in [6.45, 7) is 3.98. The van der Waals surface area contributed by atoms with Crippen LogP contribution in [-0.4, -0.2) is 28.7 Å². The number of nitrogens with zero attached hydrogens (tertiary/aromatic N) is 3. The zero-order valence-corrected chi connectivity index (χ0v) is 12.7. The van der Waals surface area contributed by atoms with E-state index in [-0.39, 0.29) is 0 Å². The molecule has 20 heavy (non-hydrogen) atoms. The van der Waals surface area contributed by atoms with Crippen LogP contribution in [0.3, 0.4) is 0 Å². The van der Waals surface area contributed by atoms with Crippen molar-refractivity contribution in [1.82, 2.24) is 9.55 Å². The van der Waals surface area contributed by atoms with Crippen molar-refractivity contribution >= 4 is 5.95 Å². The molecule has 1 saturated carbocycles. The van der Waals surface area contributed by atoms with Crippen molar-refractivity contribution in [3.05, 3.63) is 11.9 Å². The zero-order valence-electron chi connectivity index (χ0n) is 12.7. The van der Waals surface area contributed by atoms with Crippen LogP contribution in [0.4, 0.5) is 5.95 Å². The Bertz CT molecular complexity index is 434. The molecule has 1 unspecified atom stereocenters. The molecular formula is C16H28N4. The predicted molar refractivity (Wildman–Crippen MR) is 83.1 cm³/mol. The maximum Gasteiger partial charge on any atom is 0.206 e. The molecule has 2 N–H and O–H groups in total. The Morgan fingerprint density at radius 2 is 1.90 bits per heavy atom. The third-order valence-electron chi connectivity index (χ3n) is 4.96. The van der Waals surface area contributed by atoms with Crippen molar-refractivity contribution in [2.75, 3.05) is 18.0 Å². The first-order chi connectivity index (χ1) is 9.79. The van der Waals surface area contributed by atoms with Crippen LogP contribution in [0.25, 0.3) is 0 Å². The Kier molecular flexibility index (Phi) is 4.29. The second-order valence-electron chi connectivity index (χ2n) is 6.46. The first kappa shape index (κ1) is 13.9. The van der Waals surface area contributed by atoms with E-state index in [2.05, 4.69) is 22.6 Å². The lowest BCUT2D eigenvalue weighted by Crippen LogP contribution is -2.45. The minimum Gasteiger partial charge on any atom is -0.338 e. The van der Waals surface area contributed by atoms with Gasteiger partial charge in [0.2, 0.25) is 5.95 Å². The highest BCUT2D eigenvalue weighted by molar-refractivity contribution is 5.36. The van der Waals surface area contributed by atoms with Crippen LogP contribution in [0, 0.1) is 6.92 Å². The maximum absolute atomic E-state index is 5.99. The van der Waals surface area contributed by atoms with E-state index in [0.29, 0.717) is 12.1 Å². The lowest BCUT2D eigenvalue weighted by Gasteiger charge is -2.37. The van der Waals surface area contributed by atoms with E-state index in [1.165, 1.54) is 57.3 Å². The molecule has 112 valence electrons. The molecule has 1 aromatic rings. The lowest BCUT2D eigenvalue weighted by molar-refractivity contribution is 0.347. The average molecular weight is 276 g/mol. The highest BCUT2D eigenvalue weighted by Crippen LogP contribution is 2.33. The predicted octanol–water partition coefficient (Wildman–Crippen LogP) is 3.01. The number of nitrogens with two attached hydrogens (primary N) is 1. The fourth-order valence-corrected chi connectivity index (χ4v) is 3.85. The number of anilines is 1. The van der Waals surface area contributed by atoms with Gasteiger partial charge in [0, 0.05) is 31.4 Å². The van der Waals surface area contributed by atoms with Crippen LogP contribution in [0.2, 0.25) is 0 Å². The SMILES string of the molecule is Cc1cn(C2CCCCC2)c(N2CCCCC2CN)n1. The Balaban J connectivity index is 1.87. The maximum atomic E-state index is 5.99. The highest BCUT2D eigenvalue weighted by Gasteiger charge is 2.27. The first-order valence-corrected chi connectivity index (χ1v) is 8.32. The summed E-state index contributed by atoms with van der Waals surface area (Å²) in [5.41, 5.74) is 7.13. The van der Waals surface area contributed by atoms with Gasteiger partial charge >= 0.3 is 0 Å². The van der Waals surface area contributed by atoms with Crippen molar-refractivity contribution in [3.63, 3.8) is 0 Å². The van der Waals surface area contributed by atoms with Gasteiger partial charge < -0.3 is 15.2 Å². The topological polar surface area (TPSA) is 47.1 Å². The molecule has 0 aromatic carbocycles. The molecule has 2 heterocycles. The minimum absolute atomic E-state index is 0.480. The Morgan fingerprint density at radius 1 is 1.15 bits per heavy atom. The molecule has 1 aliphatic carbocycles. The summed E-state index contributed by atoms with van der Waals surface area (Å²) < 4.78 is 2.46. The molecule has 1 aliphatic heterocycles. The van der Waals surface area contributed by atoms with Crippen LogP contribution in [-0.2, 0) is 0 Å². The standard InChI is InChI=1S/C16H28N4/c1-13-12-20(14-7-3-2-4-8-14)16(18-13)19-10-6-5-9-15(19)11-17/h12,14-15H,2-11,17H2,1H3. The van der Waals surface area contributed by atoms with Crippen LogP contribution < -0.4 is 10.6 Å².